The summed E-state index contributed by atoms with van der Waals surface area (Å²) >= 11 is 0. The predicted octanol–water partition coefficient (Wildman–Crippen LogP) is 13.7. The fourth-order valence-corrected chi connectivity index (χ4v) is 7.92. The minimum absolute atomic E-state index is 0.914. The molecule has 0 fully saturated rings. The molecule has 1 aromatic heterocycles. The first-order valence-corrected chi connectivity index (χ1v) is 16.9. The number of hydrogen-bond donors (Lipinski definition) is 0. The molecule has 0 unspecified atom stereocenters. The first kappa shape index (κ1) is 27.7. The first-order chi connectivity index (χ1) is 24.3. The summed E-state index contributed by atoms with van der Waals surface area (Å²) < 4.78 is 6.57. The third-order valence-corrected chi connectivity index (χ3v) is 10.1. The number of fused-ring (bicyclic) bond motifs is 6. The van der Waals surface area contributed by atoms with Crippen LogP contribution in [0.15, 0.2) is 186 Å². The van der Waals surface area contributed by atoms with Gasteiger partial charge in [0.25, 0.3) is 0 Å². The number of hydrogen-bond acceptors (Lipinski definition) is 1. The van der Waals surface area contributed by atoms with Crippen molar-refractivity contribution in [3.8, 4) is 44.5 Å². The Balaban J connectivity index is 1.17. The van der Waals surface area contributed by atoms with E-state index in [4.69, 9.17) is 4.42 Å². The van der Waals surface area contributed by atoms with Crippen molar-refractivity contribution >= 4 is 54.3 Å². The van der Waals surface area contributed by atoms with Gasteiger partial charge < -0.3 is 4.42 Å². The molecule has 9 aromatic carbocycles. The Bertz CT molecular complexity index is 2810. The van der Waals surface area contributed by atoms with E-state index in [0.717, 1.165) is 27.5 Å². The van der Waals surface area contributed by atoms with Crippen molar-refractivity contribution in [1.29, 1.82) is 0 Å². The summed E-state index contributed by atoms with van der Waals surface area (Å²) in [5.41, 5.74) is 11.6. The smallest absolute Gasteiger partial charge is 0.143 e. The van der Waals surface area contributed by atoms with Crippen LogP contribution in [0.2, 0.25) is 0 Å². The molecule has 0 atom stereocenters. The van der Waals surface area contributed by atoms with Crippen LogP contribution in [0.3, 0.4) is 0 Å². The monoisotopic (exact) mass is 622 g/mol. The van der Waals surface area contributed by atoms with Crippen LogP contribution in [0.25, 0.3) is 98.8 Å². The second-order valence-electron chi connectivity index (χ2n) is 12.8. The molecule has 0 radical (unpaired) electrons. The number of furan rings is 1. The van der Waals surface area contributed by atoms with Crippen LogP contribution in [0, 0.1) is 0 Å². The van der Waals surface area contributed by atoms with E-state index in [1.165, 1.54) is 71.3 Å². The zero-order valence-corrected chi connectivity index (χ0v) is 26.7. The van der Waals surface area contributed by atoms with Crippen LogP contribution in [0.1, 0.15) is 0 Å². The lowest BCUT2D eigenvalue weighted by atomic mass is 9.85. The summed E-state index contributed by atoms with van der Waals surface area (Å²) in [7, 11) is 0. The van der Waals surface area contributed by atoms with Gasteiger partial charge in [-0.25, -0.2) is 0 Å². The van der Waals surface area contributed by atoms with Crippen LogP contribution in [-0.2, 0) is 0 Å². The Hall–Kier alpha value is -6.44. The zero-order valence-electron chi connectivity index (χ0n) is 26.7. The van der Waals surface area contributed by atoms with Gasteiger partial charge >= 0.3 is 0 Å². The SMILES string of the molecule is c1ccc(-c2cccc3ccccc23)c(-c2ccc(-c3c4ccccc4c(-c4cccc5c4oc4ccccc45)c4ccccc34)cc2)c1. The minimum atomic E-state index is 0.914. The topological polar surface area (TPSA) is 13.1 Å². The quantitative estimate of drug-likeness (QED) is 0.178. The van der Waals surface area contributed by atoms with Crippen molar-refractivity contribution in [3.63, 3.8) is 0 Å². The molecule has 0 amide bonds. The standard InChI is InChI=1S/C48H30O/c1-2-15-34-31(13-1)14-11-23-37(34)36-17-4-3-16-35(36)32-27-29-33(30-28-32)46-39-19-5-7-21-41(39)47(42-22-8-6-20-40(42)46)44-25-12-24-43-38-18-9-10-26-45(38)49-48(43)44/h1-30H. The molecule has 1 heterocycles. The Morgan fingerprint density at radius 1 is 0.265 bits per heavy atom. The maximum absolute atomic E-state index is 6.57. The van der Waals surface area contributed by atoms with Crippen LogP contribution in [0.5, 0.6) is 0 Å². The van der Waals surface area contributed by atoms with Gasteiger partial charge in [-0.1, -0.05) is 176 Å². The van der Waals surface area contributed by atoms with E-state index in [-0.39, 0.29) is 0 Å². The highest BCUT2D eigenvalue weighted by molar-refractivity contribution is 6.24. The molecule has 0 N–H and O–H groups in total. The summed E-state index contributed by atoms with van der Waals surface area (Å²) in [6.07, 6.45) is 0. The third-order valence-electron chi connectivity index (χ3n) is 10.1. The summed E-state index contributed by atoms with van der Waals surface area (Å²) in [6.45, 7) is 0. The highest BCUT2D eigenvalue weighted by atomic mass is 16.3. The number of rotatable bonds is 4. The van der Waals surface area contributed by atoms with Gasteiger partial charge in [-0.15, -0.1) is 0 Å². The summed E-state index contributed by atoms with van der Waals surface area (Å²) in [5, 5.41) is 9.70. The van der Waals surface area contributed by atoms with Crippen molar-refractivity contribution < 1.29 is 4.42 Å². The largest absolute Gasteiger partial charge is 0.455 e. The zero-order chi connectivity index (χ0) is 32.3. The lowest BCUT2D eigenvalue weighted by Gasteiger charge is -2.18. The molecule has 1 heteroatoms. The van der Waals surface area contributed by atoms with Gasteiger partial charge in [0, 0.05) is 21.9 Å². The Labute approximate surface area is 284 Å². The maximum atomic E-state index is 6.57. The number of para-hydroxylation sites is 2. The van der Waals surface area contributed by atoms with Gasteiger partial charge in [0.15, 0.2) is 0 Å². The van der Waals surface area contributed by atoms with Crippen molar-refractivity contribution in [1.82, 2.24) is 0 Å². The minimum Gasteiger partial charge on any atom is -0.455 e. The molecule has 10 rings (SSSR count). The van der Waals surface area contributed by atoms with E-state index in [0.29, 0.717) is 0 Å². The molecule has 0 saturated carbocycles. The summed E-state index contributed by atoms with van der Waals surface area (Å²) in [5.74, 6) is 0. The van der Waals surface area contributed by atoms with Crippen molar-refractivity contribution in [2.24, 2.45) is 0 Å². The molecule has 0 saturated heterocycles. The molecule has 0 aliphatic rings. The lowest BCUT2D eigenvalue weighted by molar-refractivity contribution is 0.670. The van der Waals surface area contributed by atoms with Crippen LogP contribution in [-0.4, -0.2) is 0 Å². The van der Waals surface area contributed by atoms with Crippen LogP contribution in [0.4, 0.5) is 0 Å². The van der Waals surface area contributed by atoms with Crippen LogP contribution < -0.4 is 0 Å². The van der Waals surface area contributed by atoms with E-state index in [2.05, 4.69) is 176 Å². The molecule has 1 nitrogen and oxygen atoms in total. The second-order valence-corrected chi connectivity index (χ2v) is 12.8. The Morgan fingerprint density at radius 3 is 1.47 bits per heavy atom. The molecule has 10 aromatic rings. The molecule has 0 spiro atoms. The fourth-order valence-electron chi connectivity index (χ4n) is 7.92. The van der Waals surface area contributed by atoms with E-state index >= 15 is 0 Å². The van der Waals surface area contributed by atoms with Gasteiger partial charge in [0.1, 0.15) is 11.2 Å². The van der Waals surface area contributed by atoms with E-state index in [9.17, 15) is 0 Å². The number of benzene rings is 9. The lowest BCUT2D eigenvalue weighted by Crippen LogP contribution is -1.91. The molecule has 0 aliphatic carbocycles. The van der Waals surface area contributed by atoms with Gasteiger partial charge in [-0.05, 0) is 71.8 Å². The molecule has 228 valence electrons. The van der Waals surface area contributed by atoms with Gasteiger partial charge in [-0.3, -0.25) is 0 Å². The normalized spacial score (nSPS) is 11.7. The molecule has 49 heavy (non-hydrogen) atoms. The van der Waals surface area contributed by atoms with Crippen molar-refractivity contribution in [2.75, 3.05) is 0 Å². The molecule has 0 aliphatic heterocycles. The maximum Gasteiger partial charge on any atom is 0.143 e. The van der Waals surface area contributed by atoms with Crippen molar-refractivity contribution in [2.45, 2.75) is 0 Å². The van der Waals surface area contributed by atoms with E-state index in [1.807, 2.05) is 6.07 Å². The van der Waals surface area contributed by atoms with Crippen molar-refractivity contribution in [3.05, 3.63) is 182 Å². The van der Waals surface area contributed by atoms with Gasteiger partial charge in [0.05, 0.1) is 0 Å². The molecular formula is C48H30O. The van der Waals surface area contributed by atoms with Crippen LogP contribution >= 0.6 is 0 Å². The highest BCUT2D eigenvalue weighted by Crippen LogP contribution is 2.47. The third kappa shape index (κ3) is 4.33. The average molecular weight is 623 g/mol. The molecule has 0 bridgehead atoms. The van der Waals surface area contributed by atoms with Gasteiger partial charge in [0.2, 0.25) is 0 Å². The van der Waals surface area contributed by atoms with Gasteiger partial charge in [-0.2, -0.15) is 0 Å². The molecular weight excluding hydrogens is 593 g/mol. The summed E-state index contributed by atoms with van der Waals surface area (Å²) in [4.78, 5) is 0. The van der Waals surface area contributed by atoms with E-state index < -0.39 is 0 Å². The second kappa shape index (κ2) is 11.1. The summed E-state index contributed by atoms with van der Waals surface area (Å²) in [6, 6.07) is 65.7. The van der Waals surface area contributed by atoms with E-state index in [1.54, 1.807) is 0 Å². The first-order valence-electron chi connectivity index (χ1n) is 16.9. The Morgan fingerprint density at radius 2 is 0.735 bits per heavy atom. The fraction of sp³-hybridized carbons (Fsp3) is 0. The highest BCUT2D eigenvalue weighted by Gasteiger charge is 2.20. The predicted molar refractivity (Wildman–Crippen MR) is 208 cm³/mol. The average Bonchev–Trinajstić information content (AvgIpc) is 3.56. The Kier molecular flexibility index (Phi) is 6.25.